The van der Waals surface area contributed by atoms with Crippen LogP contribution in [0.1, 0.15) is 16.8 Å². The highest BCUT2D eigenvalue weighted by Crippen LogP contribution is 2.21. The third kappa shape index (κ3) is 3.16. The molecule has 0 aliphatic rings. The predicted octanol–water partition coefficient (Wildman–Crippen LogP) is 3.37. The van der Waals surface area contributed by atoms with E-state index in [1.54, 1.807) is 11.8 Å². The Kier molecular flexibility index (Phi) is 4.59. The second-order valence-corrected chi connectivity index (χ2v) is 5.22. The van der Waals surface area contributed by atoms with Crippen LogP contribution in [0.25, 0.3) is 0 Å². The molecule has 0 saturated carbocycles. The smallest absolute Gasteiger partial charge is 0.145 e. The molecule has 0 atom stereocenters. The number of hydrogen-bond acceptors (Lipinski definition) is 3. The molecule has 0 saturated heterocycles. The average Bonchev–Trinajstić information content (AvgIpc) is 2.69. The van der Waals surface area contributed by atoms with Gasteiger partial charge in [-0.05, 0) is 17.7 Å². The molecule has 2 aromatic rings. The Morgan fingerprint density at radius 1 is 1.42 bits per heavy atom. The minimum atomic E-state index is 0.274. The van der Waals surface area contributed by atoms with Crippen LogP contribution in [-0.2, 0) is 17.9 Å². The van der Waals surface area contributed by atoms with Gasteiger partial charge in [-0.2, -0.15) is 10.4 Å². The van der Waals surface area contributed by atoms with Crippen LogP contribution in [0.4, 0.5) is 0 Å². The highest BCUT2D eigenvalue weighted by atomic mass is 79.9. The van der Waals surface area contributed by atoms with Gasteiger partial charge in [-0.15, -0.1) is 0 Å². The predicted molar refractivity (Wildman–Crippen MR) is 75.9 cm³/mol. The molecule has 0 fully saturated rings. The maximum absolute atomic E-state index is 9.09. The average molecular weight is 341 g/mol. The number of halogens is 2. The van der Waals surface area contributed by atoms with E-state index in [0.717, 1.165) is 10.0 Å². The van der Waals surface area contributed by atoms with Crippen molar-refractivity contribution in [3.63, 3.8) is 0 Å². The van der Waals surface area contributed by atoms with Crippen molar-refractivity contribution >= 4 is 27.5 Å². The number of rotatable bonds is 4. The van der Waals surface area contributed by atoms with E-state index >= 15 is 0 Å². The van der Waals surface area contributed by atoms with Crippen LogP contribution in [0.5, 0.6) is 0 Å². The summed E-state index contributed by atoms with van der Waals surface area (Å²) in [6.07, 6.45) is 0. The molecule has 0 aliphatic heterocycles. The summed E-state index contributed by atoms with van der Waals surface area (Å²) in [5.41, 5.74) is 1.99. The van der Waals surface area contributed by atoms with Crippen molar-refractivity contribution in [2.75, 3.05) is 7.11 Å². The first-order chi connectivity index (χ1) is 9.15. The summed E-state index contributed by atoms with van der Waals surface area (Å²) in [6, 6.07) is 9.92. The molecule has 6 heteroatoms. The fourth-order valence-electron chi connectivity index (χ4n) is 1.70. The summed E-state index contributed by atoms with van der Waals surface area (Å²) in [5, 5.41) is 13.8. The summed E-state index contributed by atoms with van der Waals surface area (Å²) in [6.45, 7) is 0.792. The lowest BCUT2D eigenvalue weighted by Crippen LogP contribution is -2.02. The third-order valence-electron chi connectivity index (χ3n) is 2.60. The first-order valence-electron chi connectivity index (χ1n) is 5.54. The molecular weight excluding hydrogens is 330 g/mol. The summed E-state index contributed by atoms with van der Waals surface area (Å²) < 4.78 is 7.64. The minimum Gasteiger partial charge on any atom is -0.378 e. The number of benzene rings is 1. The molecule has 0 aliphatic carbocycles. The fourth-order valence-corrected chi connectivity index (χ4v) is 2.22. The van der Waals surface area contributed by atoms with Gasteiger partial charge in [-0.1, -0.05) is 39.7 Å². The third-order valence-corrected chi connectivity index (χ3v) is 3.51. The van der Waals surface area contributed by atoms with E-state index in [1.165, 1.54) is 0 Å². The molecule has 0 amide bonds. The van der Waals surface area contributed by atoms with Gasteiger partial charge in [0.05, 0.1) is 13.2 Å². The van der Waals surface area contributed by atoms with E-state index in [0.29, 0.717) is 23.0 Å². The molecule has 0 unspecified atom stereocenters. The Balaban J connectivity index is 2.30. The largest absolute Gasteiger partial charge is 0.378 e. The van der Waals surface area contributed by atoms with Crippen molar-refractivity contribution in [3.8, 4) is 6.07 Å². The molecule has 1 aromatic heterocycles. The SMILES string of the molecule is COCc1nn(Cc2ccc(Br)cc2)c(Cl)c1C#N. The fraction of sp³-hybridized carbons (Fsp3) is 0.231. The standard InChI is InChI=1S/C13H11BrClN3O/c1-19-8-12-11(6-16)13(15)18(17-12)7-9-2-4-10(14)5-3-9/h2-5H,7-8H2,1H3. The number of ether oxygens (including phenoxy) is 1. The first kappa shape index (κ1) is 14.1. The van der Waals surface area contributed by atoms with Crippen molar-refractivity contribution in [3.05, 3.63) is 50.7 Å². The minimum absolute atomic E-state index is 0.274. The number of methoxy groups -OCH3 is 1. The van der Waals surface area contributed by atoms with Crippen LogP contribution in [0, 0.1) is 11.3 Å². The lowest BCUT2D eigenvalue weighted by Gasteiger charge is -2.03. The molecule has 0 spiro atoms. The van der Waals surface area contributed by atoms with Crippen molar-refractivity contribution in [2.45, 2.75) is 13.2 Å². The maximum atomic E-state index is 9.09. The van der Waals surface area contributed by atoms with Gasteiger partial charge >= 0.3 is 0 Å². The van der Waals surface area contributed by atoms with Crippen molar-refractivity contribution < 1.29 is 4.74 Å². The van der Waals surface area contributed by atoms with E-state index in [2.05, 4.69) is 27.1 Å². The number of nitriles is 1. The van der Waals surface area contributed by atoms with Crippen LogP contribution >= 0.6 is 27.5 Å². The molecule has 1 aromatic carbocycles. The van der Waals surface area contributed by atoms with E-state index in [4.69, 9.17) is 21.6 Å². The Morgan fingerprint density at radius 2 is 2.11 bits per heavy atom. The van der Waals surface area contributed by atoms with Gasteiger partial charge in [0.1, 0.15) is 22.5 Å². The molecule has 2 rings (SSSR count). The zero-order valence-electron chi connectivity index (χ0n) is 10.2. The summed E-state index contributed by atoms with van der Waals surface area (Å²) in [5.74, 6) is 0. The van der Waals surface area contributed by atoms with Gasteiger partial charge in [-0.25, -0.2) is 4.68 Å². The zero-order chi connectivity index (χ0) is 13.8. The lowest BCUT2D eigenvalue weighted by atomic mass is 10.2. The van der Waals surface area contributed by atoms with Gasteiger partial charge in [0.2, 0.25) is 0 Å². The summed E-state index contributed by atoms with van der Waals surface area (Å²) in [4.78, 5) is 0. The van der Waals surface area contributed by atoms with Gasteiger partial charge in [0, 0.05) is 11.6 Å². The summed E-state index contributed by atoms with van der Waals surface area (Å²) >= 11 is 9.54. The molecule has 98 valence electrons. The highest BCUT2D eigenvalue weighted by molar-refractivity contribution is 9.10. The molecule has 0 N–H and O–H groups in total. The monoisotopic (exact) mass is 339 g/mol. The lowest BCUT2D eigenvalue weighted by molar-refractivity contribution is 0.180. The maximum Gasteiger partial charge on any atom is 0.145 e. The van der Waals surface area contributed by atoms with Crippen LogP contribution in [0.3, 0.4) is 0 Å². The van der Waals surface area contributed by atoms with Gasteiger partial charge in [-0.3, -0.25) is 0 Å². The second kappa shape index (κ2) is 6.20. The van der Waals surface area contributed by atoms with E-state index < -0.39 is 0 Å². The topological polar surface area (TPSA) is 50.8 Å². The van der Waals surface area contributed by atoms with Crippen LogP contribution < -0.4 is 0 Å². The Labute approximate surface area is 124 Å². The van der Waals surface area contributed by atoms with Gasteiger partial charge < -0.3 is 4.74 Å². The van der Waals surface area contributed by atoms with Crippen molar-refractivity contribution in [1.29, 1.82) is 5.26 Å². The Morgan fingerprint density at radius 3 is 2.68 bits per heavy atom. The van der Waals surface area contributed by atoms with Crippen LogP contribution in [0.2, 0.25) is 5.15 Å². The molecule has 1 heterocycles. The number of hydrogen-bond donors (Lipinski definition) is 0. The van der Waals surface area contributed by atoms with Crippen LogP contribution in [0.15, 0.2) is 28.7 Å². The quantitative estimate of drug-likeness (QED) is 0.857. The summed E-state index contributed by atoms with van der Waals surface area (Å²) in [7, 11) is 1.56. The molecule has 0 radical (unpaired) electrons. The van der Waals surface area contributed by atoms with E-state index in [9.17, 15) is 0 Å². The normalized spacial score (nSPS) is 10.4. The van der Waals surface area contributed by atoms with Crippen LogP contribution in [-0.4, -0.2) is 16.9 Å². The van der Waals surface area contributed by atoms with Crippen molar-refractivity contribution in [2.24, 2.45) is 0 Å². The highest BCUT2D eigenvalue weighted by Gasteiger charge is 2.16. The van der Waals surface area contributed by atoms with Crippen molar-refractivity contribution in [1.82, 2.24) is 9.78 Å². The first-order valence-corrected chi connectivity index (χ1v) is 6.71. The zero-order valence-corrected chi connectivity index (χ0v) is 12.6. The molecular formula is C13H11BrClN3O. The molecule has 0 bridgehead atoms. The van der Waals surface area contributed by atoms with E-state index in [1.807, 2.05) is 24.3 Å². The Bertz CT molecular complexity index is 616. The Hall–Kier alpha value is -1.35. The van der Waals surface area contributed by atoms with Gasteiger partial charge in [0.25, 0.3) is 0 Å². The number of nitrogens with zero attached hydrogens (tertiary/aromatic N) is 3. The number of aromatic nitrogens is 2. The van der Waals surface area contributed by atoms with E-state index in [-0.39, 0.29) is 6.61 Å². The second-order valence-electron chi connectivity index (χ2n) is 3.94. The molecule has 19 heavy (non-hydrogen) atoms. The molecule has 4 nitrogen and oxygen atoms in total. The van der Waals surface area contributed by atoms with Gasteiger partial charge in [0.15, 0.2) is 0 Å².